The molecule has 116 valence electrons. The first-order valence-corrected chi connectivity index (χ1v) is 7.25. The highest BCUT2D eigenvalue weighted by Gasteiger charge is 2.32. The molecule has 21 heavy (non-hydrogen) atoms. The summed E-state index contributed by atoms with van der Waals surface area (Å²) in [6, 6.07) is 3.01. The van der Waals surface area contributed by atoms with Gasteiger partial charge in [-0.15, -0.1) is 0 Å². The van der Waals surface area contributed by atoms with Crippen LogP contribution in [-0.4, -0.2) is 34.6 Å². The number of rotatable bonds is 4. The molecule has 0 radical (unpaired) electrons. The van der Waals surface area contributed by atoms with Gasteiger partial charge in [0.1, 0.15) is 0 Å². The van der Waals surface area contributed by atoms with Crippen LogP contribution in [0.1, 0.15) is 48.9 Å². The van der Waals surface area contributed by atoms with E-state index < -0.39 is 12.6 Å². The molecule has 1 aromatic heterocycles. The van der Waals surface area contributed by atoms with Crippen LogP contribution in [0.3, 0.4) is 0 Å². The first-order chi connectivity index (χ1) is 9.97. The lowest BCUT2D eigenvalue weighted by molar-refractivity contribution is -0.137. The Balaban J connectivity index is 2.12. The van der Waals surface area contributed by atoms with E-state index in [9.17, 15) is 18.0 Å². The molecule has 6 heteroatoms. The predicted molar refractivity (Wildman–Crippen MR) is 72.8 cm³/mol. The summed E-state index contributed by atoms with van der Waals surface area (Å²) in [6.07, 6.45) is 2.36. The molecule has 0 atom stereocenters. The molecule has 0 aliphatic heterocycles. The van der Waals surface area contributed by atoms with Crippen molar-refractivity contribution in [3.63, 3.8) is 0 Å². The van der Waals surface area contributed by atoms with Crippen molar-refractivity contribution >= 4 is 5.91 Å². The van der Waals surface area contributed by atoms with Gasteiger partial charge in [0.25, 0.3) is 5.91 Å². The maximum Gasteiger partial charge on any atom is 0.390 e. The second-order valence-corrected chi connectivity index (χ2v) is 5.39. The van der Waals surface area contributed by atoms with Crippen LogP contribution in [0.25, 0.3) is 0 Å². The third-order valence-electron chi connectivity index (χ3n) is 3.84. The van der Waals surface area contributed by atoms with E-state index in [2.05, 4.69) is 4.98 Å². The van der Waals surface area contributed by atoms with Crippen molar-refractivity contribution in [2.45, 2.75) is 50.7 Å². The minimum Gasteiger partial charge on any atom is -0.335 e. The van der Waals surface area contributed by atoms with Crippen molar-refractivity contribution < 1.29 is 18.0 Å². The molecule has 0 N–H and O–H groups in total. The van der Waals surface area contributed by atoms with Crippen LogP contribution >= 0.6 is 0 Å². The molecule has 0 bridgehead atoms. The Hall–Kier alpha value is -1.59. The topological polar surface area (TPSA) is 33.2 Å². The number of aromatic nitrogens is 1. The van der Waals surface area contributed by atoms with E-state index in [0.29, 0.717) is 5.56 Å². The van der Waals surface area contributed by atoms with Gasteiger partial charge < -0.3 is 4.90 Å². The monoisotopic (exact) mass is 300 g/mol. The zero-order valence-electron chi connectivity index (χ0n) is 11.8. The van der Waals surface area contributed by atoms with Crippen LogP contribution in [-0.2, 0) is 0 Å². The van der Waals surface area contributed by atoms with Crippen LogP contribution in [0, 0.1) is 0 Å². The van der Waals surface area contributed by atoms with Crippen LogP contribution in [0.4, 0.5) is 13.2 Å². The van der Waals surface area contributed by atoms with E-state index in [0.717, 1.165) is 32.1 Å². The summed E-state index contributed by atoms with van der Waals surface area (Å²) in [5.74, 6) is -0.325. The Morgan fingerprint density at radius 3 is 2.38 bits per heavy atom. The summed E-state index contributed by atoms with van der Waals surface area (Å²) in [4.78, 5) is 17.7. The van der Waals surface area contributed by atoms with Gasteiger partial charge in [-0.25, -0.2) is 0 Å². The molecule has 2 rings (SSSR count). The molecule has 1 aliphatic carbocycles. The molecule has 1 fully saturated rings. The number of hydrogen-bond acceptors (Lipinski definition) is 2. The van der Waals surface area contributed by atoms with Crippen molar-refractivity contribution in [2.75, 3.05) is 6.54 Å². The quantitative estimate of drug-likeness (QED) is 0.847. The molecule has 0 aromatic carbocycles. The van der Waals surface area contributed by atoms with E-state index in [1.807, 2.05) is 0 Å². The van der Waals surface area contributed by atoms with Gasteiger partial charge in [-0.3, -0.25) is 9.78 Å². The minimum atomic E-state index is -4.24. The van der Waals surface area contributed by atoms with E-state index in [-0.39, 0.29) is 18.5 Å². The lowest BCUT2D eigenvalue weighted by Crippen LogP contribution is -2.43. The smallest absolute Gasteiger partial charge is 0.335 e. The van der Waals surface area contributed by atoms with Crippen molar-refractivity contribution in [2.24, 2.45) is 0 Å². The molecule has 1 heterocycles. The fourth-order valence-corrected chi connectivity index (χ4v) is 2.75. The molecular weight excluding hydrogens is 281 g/mol. The summed E-state index contributed by atoms with van der Waals surface area (Å²) >= 11 is 0. The van der Waals surface area contributed by atoms with Gasteiger partial charge in [0, 0.05) is 30.5 Å². The number of carbonyl (C=O) groups excluding carboxylic acids is 1. The largest absolute Gasteiger partial charge is 0.390 e. The minimum absolute atomic E-state index is 0.0817. The van der Waals surface area contributed by atoms with Crippen molar-refractivity contribution in [1.82, 2.24) is 9.88 Å². The summed E-state index contributed by atoms with van der Waals surface area (Å²) in [6.45, 7) is -0.269. The van der Waals surface area contributed by atoms with E-state index in [1.165, 1.54) is 17.3 Å². The number of carbonyl (C=O) groups is 1. The molecule has 0 unspecified atom stereocenters. The van der Waals surface area contributed by atoms with Crippen LogP contribution in [0.5, 0.6) is 0 Å². The lowest BCUT2D eigenvalue weighted by Gasteiger charge is -2.34. The van der Waals surface area contributed by atoms with Gasteiger partial charge in [-0.1, -0.05) is 19.3 Å². The first kappa shape index (κ1) is 15.8. The van der Waals surface area contributed by atoms with Crippen molar-refractivity contribution in [3.8, 4) is 0 Å². The fourth-order valence-electron chi connectivity index (χ4n) is 2.75. The molecular formula is C15H19F3N2O. The second-order valence-electron chi connectivity index (χ2n) is 5.39. The van der Waals surface area contributed by atoms with Crippen molar-refractivity contribution in [3.05, 3.63) is 30.1 Å². The number of pyridine rings is 1. The Labute approximate surface area is 122 Å². The standard InChI is InChI=1S/C15H19F3N2O/c16-15(17,18)8-11-20(13-4-2-1-3-5-13)14(21)12-6-9-19-10-7-12/h6-7,9-10,13H,1-5,8,11H2. The average Bonchev–Trinajstić information content (AvgIpc) is 2.48. The van der Waals surface area contributed by atoms with E-state index >= 15 is 0 Å². The molecule has 0 spiro atoms. The lowest BCUT2D eigenvalue weighted by atomic mass is 9.93. The molecule has 3 nitrogen and oxygen atoms in total. The zero-order chi connectivity index (χ0) is 15.3. The van der Waals surface area contributed by atoms with Crippen molar-refractivity contribution in [1.29, 1.82) is 0 Å². The highest BCUT2D eigenvalue weighted by atomic mass is 19.4. The van der Waals surface area contributed by atoms with Gasteiger partial charge in [-0.2, -0.15) is 13.2 Å². The third kappa shape index (κ3) is 4.72. The van der Waals surface area contributed by atoms with E-state index in [1.54, 1.807) is 12.1 Å². The van der Waals surface area contributed by atoms with Gasteiger partial charge in [-0.05, 0) is 25.0 Å². The summed E-state index contributed by atoms with van der Waals surface area (Å²) in [5.41, 5.74) is 0.401. The van der Waals surface area contributed by atoms with Gasteiger partial charge in [0.05, 0.1) is 6.42 Å². The number of alkyl halides is 3. The molecule has 1 aliphatic rings. The highest BCUT2D eigenvalue weighted by molar-refractivity contribution is 5.94. The molecule has 0 saturated heterocycles. The third-order valence-corrected chi connectivity index (χ3v) is 3.84. The number of nitrogens with zero attached hydrogens (tertiary/aromatic N) is 2. The van der Waals surface area contributed by atoms with Gasteiger partial charge in [0.2, 0.25) is 0 Å². The first-order valence-electron chi connectivity index (χ1n) is 7.25. The van der Waals surface area contributed by atoms with Crippen LogP contribution in [0.2, 0.25) is 0 Å². The zero-order valence-corrected chi connectivity index (χ0v) is 11.8. The van der Waals surface area contributed by atoms with Crippen LogP contribution < -0.4 is 0 Å². The summed E-state index contributed by atoms with van der Waals surface area (Å²) in [7, 11) is 0. The maximum atomic E-state index is 12.5. The predicted octanol–water partition coefficient (Wildman–Crippen LogP) is 3.81. The molecule has 1 saturated carbocycles. The van der Waals surface area contributed by atoms with Gasteiger partial charge in [0.15, 0.2) is 0 Å². The number of hydrogen-bond donors (Lipinski definition) is 0. The Morgan fingerprint density at radius 1 is 1.19 bits per heavy atom. The Kier molecular flexibility index (Phi) is 5.20. The summed E-state index contributed by atoms with van der Waals surface area (Å²) < 4.78 is 37.5. The summed E-state index contributed by atoms with van der Waals surface area (Å²) in [5, 5.41) is 0. The molecule has 1 amide bonds. The number of halogens is 3. The van der Waals surface area contributed by atoms with Crippen LogP contribution in [0.15, 0.2) is 24.5 Å². The van der Waals surface area contributed by atoms with E-state index in [4.69, 9.17) is 0 Å². The Morgan fingerprint density at radius 2 is 1.81 bits per heavy atom. The van der Waals surface area contributed by atoms with Gasteiger partial charge >= 0.3 is 6.18 Å². The number of amides is 1. The SMILES string of the molecule is O=C(c1ccncc1)N(CCC(F)(F)F)C1CCCCC1. The fraction of sp³-hybridized carbons (Fsp3) is 0.600. The Bertz CT molecular complexity index is 456. The maximum absolute atomic E-state index is 12.5. The second kappa shape index (κ2) is 6.91. The average molecular weight is 300 g/mol. The highest BCUT2D eigenvalue weighted by Crippen LogP contribution is 2.27. The normalized spacial score (nSPS) is 16.7. The molecule has 1 aromatic rings.